The van der Waals surface area contributed by atoms with Crippen LogP contribution in [-0.4, -0.2) is 31.4 Å². The van der Waals surface area contributed by atoms with Gasteiger partial charge in [0.2, 0.25) is 0 Å². The predicted molar refractivity (Wildman–Crippen MR) is 235 cm³/mol. The summed E-state index contributed by atoms with van der Waals surface area (Å²) in [5, 5.41) is 4.58. The van der Waals surface area contributed by atoms with Crippen LogP contribution in [0.15, 0.2) is 168 Å². The molecule has 52 heavy (non-hydrogen) atoms. The number of fused-ring (bicyclic) bond motifs is 5. The highest BCUT2D eigenvalue weighted by molar-refractivity contribution is 6.63. The average molecular weight is 661 g/mol. The van der Waals surface area contributed by atoms with Crippen molar-refractivity contribution in [1.82, 2.24) is 0 Å². The SMILES string of the molecule is Bc1c(B)c(N(c2ccccc2)c2ccccc2-c2cccc3oc4c5ccccc5ccc4c23)c(B)c(B)c1-c1ccc(-c2ccccc2)cc1. The molecule has 0 unspecified atom stereocenters. The van der Waals surface area contributed by atoms with E-state index in [1.165, 1.54) is 55.2 Å². The van der Waals surface area contributed by atoms with Gasteiger partial charge in [-0.05, 0) is 63.5 Å². The summed E-state index contributed by atoms with van der Waals surface area (Å²) in [6, 6.07) is 58.6. The number of hydrogen-bond donors (Lipinski definition) is 0. The van der Waals surface area contributed by atoms with E-state index in [-0.39, 0.29) is 0 Å². The highest BCUT2D eigenvalue weighted by Gasteiger charge is 2.25. The average Bonchev–Trinajstić information content (AvgIpc) is 3.60. The lowest BCUT2D eigenvalue weighted by Crippen LogP contribution is -2.46. The first kappa shape index (κ1) is 31.8. The number of anilines is 3. The molecule has 0 aliphatic heterocycles. The van der Waals surface area contributed by atoms with Gasteiger partial charge in [-0.2, -0.15) is 0 Å². The van der Waals surface area contributed by atoms with Crippen molar-refractivity contribution in [3.8, 4) is 33.4 Å². The maximum Gasteiger partial charge on any atom is 0.143 e. The topological polar surface area (TPSA) is 16.4 Å². The molecule has 0 aliphatic rings. The second-order valence-corrected chi connectivity index (χ2v) is 13.8. The van der Waals surface area contributed by atoms with E-state index in [1.54, 1.807) is 0 Å². The van der Waals surface area contributed by atoms with Gasteiger partial charge in [0.25, 0.3) is 0 Å². The zero-order chi connectivity index (χ0) is 35.3. The van der Waals surface area contributed by atoms with Crippen molar-refractivity contribution in [2.24, 2.45) is 0 Å². The van der Waals surface area contributed by atoms with Crippen LogP contribution in [0.2, 0.25) is 0 Å². The summed E-state index contributed by atoms with van der Waals surface area (Å²) in [6.07, 6.45) is 0. The van der Waals surface area contributed by atoms with E-state index in [0.717, 1.165) is 49.8 Å². The van der Waals surface area contributed by atoms with Gasteiger partial charge in [-0.3, -0.25) is 0 Å². The molecule has 0 amide bonds. The number of furan rings is 1. The zero-order valence-corrected chi connectivity index (χ0v) is 29.9. The summed E-state index contributed by atoms with van der Waals surface area (Å²) in [5.74, 6) is 0. The van der Waals surface area contributed by atoms with Gasteiger partial charge >= 0.3 is 0 Å². The minimum atomic E-state index is 0.895. The van der Waals surface area contributed by atoms with Gasteiger partial charge in [-0.25, -0.2) is 0 Å². The molecule has 242 valence electrons. The third-order valence-electron chi connectivity index (χ3n) is 10.9. The largest absolute Gasteiger partial charge is 0.455 e. The fraction of sp³-hybridized carbons (Fsp3) is 0. The van der Waals surface area contributed by atoms with Crippen molar-refractivity contribution in [3.05, 3.63) is 164 Å². The van der Waals surface area contributed by atoms with Gasteiger partial charge in [0.05, 0.1) is 5.69 Å². The fourth-order valence-electron chi connectivity index (χ4n) is 8.16. The van der Waals surface area contributed by atoms with Crippen LogP contribution in [0.25, 0.3) is 66.1 Å². The van der Waals surface area contributed by atoms with Crippen molar-refractivity contribution in [3.63, 3.8) is 0 Å². The van der Waals surface area contributed by atoms with Gasteiger partial charge < -0.3 is 9.32 Å². The maximum absolute atomic E-state index is 6.64. The quantitative estimate of drug-likeness (QED) is 0.196. The van der Waals surface area contributed by atoms with Crippen LogP contribution in [-0.2, 0) is 0 Å². The van der Waals surface area contributed by atoms with E-state index in [0.29, 0.717) is 0 Å². The normalized spacial score (nSPS) is 11.4. The van der Waals surface area contributed by atoms with E-state index in [2.05, 4.69) is 200 Å². The summed E-state index contributed by atoms with van der Waals surface area (Å²) in [7, 11) is 9.13. The molecule has 2 nitrogen and oxygen atoms in total. The monoisotopic (exact) mass is 661 g/mol. The molecule has 0 bridgehead atoms. The molecule has 0 saturated heterocycles. The van der Waals surface area contributed by atoms with Crippen LogP contribution in [0, 0.1) is 0 Å². The van der Waals surface area contributed by atoms with Crippen molar-refractivity contribution in [2.45, 2.75) is 0 Å². The Morgan fingerprint density at radius 1 is 0.423 bits per heavy atom. The lowest BCUT2D eigenvalue weighted by Gasteiger charge is -2.34. The van der Waals surface area contributed by atoms with E-state index in [9.17, 15) is 0 Å². The van der Waals surface area contributed by atoms with E-state index in [1.807, 2.05) is 0 Å². The molecule has 8 aromatic carbocycles. The Labute approximate surface area is 308 Å². The highest BCUT2D eigenvalue weighted by atomic mass is 16.3. The van der Waals surface area contributed by atoms with Gasteiger partial charge in [-0.15, -0.1) is 0 Å². The number of rotatable bonds is 6. The molecule has 0 N–H and O–H groups in total. The summed E-state index contributed by atoms with van der Waals surface area (Å²) in [6.45, 7) is 0. The van der Waals surface area contributed by atoms with Crippen LogP contribution in [0.3, 0.4) is 0 Å². The van der Waals surface area contributed by atoms with Crippen LogP contribution in [0.5, 0.6) is 0 Å². The fourth-order valence-corrected chi connectivity index (χ4v) is 8.16. The Kier molecular flexibility index (Phi) is 7.89. The molecular formula is C46H35B4NO. The lowest BCUT2D eigenvalue weighted by molar-refractivity contribution is 0.673. The van der Waals surface area contributed by atoms with Gasteiger partial charge in [0.1, 0.15) is 42.6 Å². The minimum absolute atomic E-state index is 0.895. The number of para-hydroxylation sites is 2. The Hall–Kier alpha value is -6.12. The second kappa shape index (κ2) is 12.9. The minimum Gasteiger partial charge on any atom is -0.455 e. The Morgan fingerprint density at radius 2 is 1.02 bits per heavy atom. The zero-order valence-electron chi connectivity index (χ0n) is 29.9. The van der Waals surface area contributed by atoms with Crippen molar-refractivity contribution >= 4 is 103 Å². The third-order valence-corrected chi connectivity index (χ3v) is 10.9. The van der Waals surface area contributed by atoms with E-state index in [4.69, 9.17) is 4.42 Å². The molecule has 0 radical (unpaired) electrons. The molecular weight excluding hydrogens is 626 g/mol. The van der Waals surface area contributed by atoms with Crippen molar-refractivity contribution < 1.29 is 4.42 Å². The highest BCUT2D eigenvalue weighted by Crippen LogP contribution is 2.45. The third kappa shape index (κ3) is 5.17. The number of benzene rings is 8. The maximum atomic E-state index is 6.64. The predicted octanol–water partition coefficient (Wildman–Crippen LogP) is 6.24. The first-order valence-corrected chi connectivity index (χ1v) is 18.0. The van der Waals surface area contributed by atoms with Crippen molar-refractivity contribution in [2.75, 3.05) is 4.90 Å². The molecule has 1 heterocycles. The van der Waals surface area contributed by atoms with Crippen LogP contribution < -0.4 is 26.8 Å². The van der Waals surface area contributed by atoms with Gasteiger partial charge in [0, 0.05) is 33.1 Å². The Balaban J connectivity index is 1.25. The Morgan fingerprint density at radius 3 is 1.77 bits per heavy atom. The standard InChI is InChI=1S/C46H35B4NO/c47-41-39(31-24-22-29(23-25-31)28-12-3-1-4-13-28)42(48)44(50)45(43(41)49)51(32-15-5-2-6-16-32)37-20-10-9-18-34(37)35-19-11-21-38-40(35)36-27-26-30-14-7-8-17-33(30)46(36)52-38/h1-27H,47-50H2. The summed E-state index contributed by atoms with van der Waals surface area (Å²) in [5.41, 5.74) is 17.7. The molecule has 0 saturated carbocycles. The van der Waals surface area contributed by atoms with Gasteiger partial charge in [0.15, 0.2) is 0 Å². The lowest BCUT2D eigenvalue weighted by atomic mass is 9.64. The van der Waals surface area contributed by atoms with Gasteiger partial charge in [-0.1, -0.05) is 155 Å². The molecule has 6 heteroatoms. The van der Waals surface area contributed by atoms with Crippen LogP contribution >= 0.6 is 0 Å². The molecule has 9 rings (SSSR count). The second-order valence-electron chi connectivity index (χ2n) is 13.8. The summed E-state index contributed by atoms with van der Waals surface area (Å²) in [4.78, 5) is 2.47. The molecule has 0 spiro atoms. The smallest absolute Gasteiger partial charge is 0.143 e. The summed E-state index contributed by atoms with van der Waals surface area (Å²) >= 11 is 0. The molecule has 9 aromatic rings. The number of hydrogen-bond acceptors (Lipinski definition) is 2. The molecule has 0 atom stereocenters. The molecule has 1 aromatic heterocycles. The van der Waals surface area contributed by atoms with Crippen molar-refractivity contribution in [1.29, 1.82) is 0 Å². The number of nitrogens with zero attached hydrogens (tertiary/aromatic N) is 1. The molecule has 0 aliphatic carbocycles. The summed E-state index contributed by atoms with van der Waals surface area (Å²) < 4.78 is 6.64. The van der Waals surface area contributed by atoms with E-state index < -0.39 is 0 Å². The first-order valence-electron chi connectivity index (χ1n) is 18.0. The van der Waals surface area contributed by atoms with Crippen LogP contribution in [0.1, 0.15) is 0 Å². The molecule has 0 fully saturated rings. The first-order chi connectivity index (χ1) is 25.5. The van der Waals surface area contributed by atoms with Crippen LogP contribution in [0.4, 0.5) is 17.1 Å². The van der Waals surface area contributed by atoms with E-state index >= 15 is 0 Å². The Bertz CT molecular complexity index is 2750.